The van der Waals surface area contributed by atoms with Gasteiger partial charge in [0.05, 0.1) is 6.20 Å². The summed E-state index contributed by atoms with van der Waals surface area (Å²) >= 11 is 0. The van der Waals surface area contributed by atoms with Crippen LogP contribution in [0.1, 0.15) is 55.7 Å². The topological polar surface area (TPSA) is 77.1 Å². The van der Waals surface area contributed by atoms with Crippen molar-refractivity contribution in [3.8, 4) is 11.4 Å². The van der Waals surface area contributed by atoms with Crippen molar-refractivity contribution in [3.05, 3.63) is 81.4 Å². The lowest BCUT2D eigenvalue weighted by Crippen LogP contribution is -2.25. The van der Waals surface area contributed by atoms with E-state index in [4.69, 9.17) is 9.97 Å². The molecule has 0 spiro atoms. The third-order valence-electron chi connectivity index (χ3n) is 7.13. The van der Waals surface area contributed by atoms with E-state index in [-0.39, 0.29) is 17.5 Å². The van der Waals surface area contributed by atoms with Crippen molar-refractivity contribution in [2.75, 3.05) is 5.32 Å². The molecule has 34 heavy (non-hydrogen) atoms. The summed E-state index contributed by atoms with van der Waals surface area (Å²) in [5, 5.41) is 8.31. The normalized spacial score (nSPS) is 17.4. The Labute approximate surface area is 198 Å². The van der Waals surface area contributed by atoms with Crippen LogP contribution in [-0.2, 0) is 13.5 Å². The number of rotatable bonds is 4. The third kappa shape index (κ3) is 3.43. The van der Waals surface area contributed by atoms with Gasteiger partial charge in [0.15, 0.2) is 11.5 Å². The number of aromatic nitrogens is 5. The molecule has 7 nitrogen and oxygen atoms in total. The monoisotopic (exact) mass is 452 g/mol. The van der Waals surface area contributed by atoms with Gasteiger partial charge in [0.2, 0.25) is 5.95 Å². The highest BCUT2D eigenvalue weighted by Gasteiger charge is 2.29. The Hall–Kier alpha value is -3.74. The van der Waals surface area contributed by atoms with Crippen molar-refractivity contribution < 1.29 is 0 Å². The first-order chi connectivity index (χ1) is 16.5. The lowest BCUT2D eigenvalue weighted by molar-refractivity contribution is 0.625. The zero-order chi connectivity index (χ0) is 23.4. The molecule has 7 heteroatoms. The molecule has 3 heterocycles. The lowest BCUT2D eigenvalue weighted by atomic mass is 9.88. The number of allylic oxidation sites excluding steroid dienone is 1. The smallest absolute Gasteiger partial charge is 0.250 e. The van der Waals surface area contributed by atoms with Crippen molar-refractivity contribution >= 4 is 17.2 Å². The molecular formula is C27H28N6O. The van der Waals surface area contributed by atoms with Gasteiger partial charge in [0.1, 0.15) is 0 Å². The maximum Gasteiger partial charge on any atom is 0.250 e. The van der Waals surface area contributed by atoms with Crippen LogP contribution in [0.3, 0.4) is 0 Å². The number of nitrogens with one attached hydrogen (secondary N) is 1. The predicted octanol–water partition coefficient (Wildman–Crippen LogP) is 4.59. The van der Waals surface area contributed by atoms with Crippen LogP contribution in [0, 0.1) is 0 Å². The first kappa shape index (κ1) is 20.8. The Morgan fingerprint density at radius 2 is 2.00 bits per heavy atom. The average Bonchev–Trinajstić information content (AvgIpc) is 3.42. The van der Waals surface area contributed by atoms with E-state index in [1.54, 1.807) is 29.5 Å². The van der Waals surface area contributed by atoms with Crippen LogP contribution in [0.15, 0.2) is 59.2 Å². The number of nitrogens with zero attached hydrogens (tertiary/aromatic N) is 5. The van der Waals surface area contributed by atoms with E-state index in [2.05, 4.69) is 48.5 Å². The molecule has 1 aromatic carbocycles. The van der Waals surface area contributed by atoms with Crippen molar-refractivity contribution in [2.45, 2.75) is 51.5 Å². The van der Waals surface area contributed by atoms with Crippen LogP contribution < -0.4 is 10.9 Å². The van der Waals surface area contributed by atoms with Gasteiger partial charge in [-0.2, -0.15) is 14.6 Å². The lowest BCUT2D eigenvalue weighted by Gasteiger charge is -2.26. The summed E-state index contributed by atoms with van der Waals surface area (Å²) < 4.78 is 3.36. The molecular weight excluding hydrogens is 424 g/mol. The highest BCUT2D eigenvalue weighted by molar-refractivity contribution is 5.77. The molecule has 0 unspecified atom stereocenters. The second-order valence-corrected chi connectivity index (χ2v) is 9.73. The number of benzene rings is 1. The zero-order valence-electron chi connectivity index (χ0n) is 19.7. The fourth-order valence-corrected chi connectivity index (χ4v) is 5.20. The van der Waals surface area contributed by atoms with Gasteiger partial charge >= 0.3 is 0 Å². The van der Waals surface area contributed by atoms with Crippen LogP contribution in [0.4, 0.5) is 5.95 Å². The molecule has 3 aromatic heterocycles. The minimum atomic E-state index is -0.0836. The number of hydrogen-bond acceptors (Lipinski definition) is 5. The van der Waals surface area contributed by atoms with Crippen molar-refractivity contribution in [1.82, 2.24) is 24.1 Å². The Kier molecular flexibility index (Phi) is 4.86. The molecule has 0 amide bonds. The van der Waals surface area contributed by atoms with Crippen molar-refractivity contribution in [1.29, 1.82) is 0 Å². The van der Waals surface area contributed by atoms with Crippen molar-refractivity contribution in [3.63, 3.8) is 0 Å². The summed E-state index contributed by atoms with van der Waals surface area (Å²) in [6, 6.07) is 12.5. The molecule has 0 saturated carbocycles. The summed E-state index contributed by atoms with van der Waals surface area (Å²) in [5.74, 6) is 1.49. The van der Waals surface area contributed by atoms with E-state index in [0.717, 1.165) is 36.9 Å². The molecule has 4 aromatic rings. The van der Waals surface area contributed by atoms with Crippen LogP contribution in [0.25, 0.3) is 22.6 Å². The largest absolute Gasteiger partial charge is 0.351 e. The molecule has 1 N–H and O–H groups in total. The zero-order valence-corrected chi connectivity index (χ0v) is 19.7. The van der Waals surface area contributed by atoms with E-state index in [1.807, 2.05) is 16.8 Å². The predicted molar refractivity (Wildman–Crippen MR) is 134 cm³/mol. The van der Waals surface area contributed by atoms with Gasteiger partial charge in [-0.3, -0.25) is 4.79 Å². The molecule has 0 aliphatic heterocycles. The average molecular weight is 453 g/mol. The molecule has 172 valence electrons. The second-order valence-electron chi connectivity index (χ2n) is 9.73. The summed E-state index contributed by atoms with van der Waals surface area (Å²) in [6.45, 7) is 4.27. The van der Waals surface area contributed by atoms with Crippen molar-refractivity contribution in [2.24, 2.45) is 7.05 Å². The molecule has 1 atom stereocenters. The van der Waals surface area contributed by atoms with Gasteiger partial charge in [0.25, 0.3) is 5.56 Å². The number of pyridine rings is 1. The van der Waals surface area contributed by atoms with Gasteiger partial charge in [-0.05, 0) is 54.4 Å². The molecule has 2 aliphatic carbocycles. The first-order valence-corrected chi connectivity index (χ1v) is 12.0. The van der Waals surface area contributed by atoms with Gasteiger partial charge in [-0.1, -0.05) is 43.7 Å². The second kappa shape index (κ2) is 7.94. The highest BCUT2D eigenvalue weighted by Crippen LogP contribution is 2.42. The quantitative estimate of drug-likeness (QED) is 0.490. The Morgan fingerprint density at radius 3 is 2.82 bits per heavy atom. The molecule has 0 fully saturated rings. The Bertz CT molecular complexity index is 1510. The number of aryl methyl sites for hydroxylation is 1. The summed E-state index contributed by atoms with van der Waals surface area (Å²) in [4.78, 5) is 22.0. The van der Waals surface area contributed by atoms with Crippen LogP contribution in [0.2, 0.25) is 0 Å². The fourth-order valence-electron chi connectivity index (χ4n) is 5.20. The highest BCUT2D eigenvalue weighted by atomic mass is 16.1. The maximum absolute atomic E-state index is 12.3. The van der Waals surface area contributed by atoms with Crippen LogP contribution in [-0.4, -0.2) is 30.2 Å². The number of anilines is 1. The van der Waals surface area contributed by atoms with E-state index < -0.39 is 0 Å². The minimum Gasteiger partial charge on any atom is -0.351 e. The summed E-state index contributed by atoms with van der Waals surface area (Å²) in [5.41, 5.74) is 8.38. The Morgan fingerprint density at radius 1 is 1.15 bits per heavy atom. The third-order valence-corrected chi connectivity index (χ3v) is 7.13. The summed E-state index contributed by atoms with van der Waals surface area (Å²) in [6.07, 6.45) is 7.83. The van der Waals surface area contributed by atoms with Gasteiger partial charge < -0.3 is 9.88 Å². The van der Waals surface area contributed by atoms with Crippen LogP contribution in [0.5, 0.6) is 0 Å². The molecule has 2 aliphatic rings. The van der Waals surface area contributed by atoms with Gasteiger partial charge in [-0.15, -0.1) is 0 Å². The maximum atomic E-state index is 12.3. The fraction of sp³-hybridized carbons (Fsp3) is 0.333. The van der Waals surface area contributed by atoms with Crippen LogP contribution >= 0.6 is 0 Å². The van der Waals surface area contributed by atoms with E-state index >= 15 is 0 Å². The number of hydrogen-bond donors (Lipinski definition) is 1. The number of fused-ring (bicyclic) bond motifs is 3. The Balaban J connectivity index is 1.39. The standard InChI is InChI=1S/C27H28N6O/c1-16(2)23-15-28-33-26(23)30-25(19-10-11-32(3)24(34)13-19)31-27(33)29-20-9-8-18-12-17-6-4-5-7-21(17)22(18)14-20/h4-7,10-11,13,15-16,20H,8-9,12,14H2,1-3H3,(H,29,30,31)/t20-/m1/s1. The van der Waals surface area contributed by atoms with E-state index in [1.165, 1.54) is 16.7 Å². The first-order valence-electron chi connectivity index (χ1n) is 12.0. The summed E-state index contributed by atoms with van der Waals surface area (Å²) in [7, 11) is 1.74. The SMILES string of the molecule is CC(C)c1cnn2c(N[C@@H]3CCC4=C(C3)c3ccccc3C4)nc(-c3ccn(C)c(=O)c3)nc12. The van der Waals surface area contributed by atoms with Gasteiger partial charge in [-0.25, -0.2) is 4.98 Å². The molecule has 0 saturated heterocycles. The molecule has 0 radical (unpaired) electrons. The minimum absolute atomic E-state index is 0.0836. The molecule has 6 rings (SSSR count). The van der Waals surface area contributed by atoms with E-state index in [0.29, 0.717) is 17.3 Å². The van der Waals surface area contributed by atoms with E-state index in [9.17, 15) is 4.79 Å². The van der Waals surface area contributed by atoms with Gasteiger partial charge in [0, 0.05) is 36.5 Å². The molecule has 0 bridgehead atoms.